The molecule has 0 radical (unpaired) electrons. The molecule has 0 fully saturated rings. The van der Waals surface area contributed by atoms with Crippen molar-refractivity contribution in [1.29, 1.82) is 0 Å². The number of hydrogen-bond acceptors (Lipinski definition) is 4. The summed E-state index contributed by atoms with van der Waals surface area (Å²) in [5, 5.41) is 2.10. The number of nitrogens with zero attached hydrogens (tertiary/aromatic N) is 2. The molecule has 5 nitrogen and oxygen atoms in total. The first-order chi connectivity index (χ1) is 11.7. The Labute approximate surface area is 145 Å². The molecular formula is C18H22N2O3S. The number of rotatable bonds is 5. The molecule has 0 aromatic carbocycles. The highest BCUT2D eigenvalue weighted by molar-refractivity contribution is 7.10. The fourth-order valence-electron chi connectivity index (χ4n) is 3.27. The quantitative estimate of drug-likeness (QED) is 0.836. The molecule has 6 heteroatoms. The number of fused-ring (bicyclic) bond motifs is 1. The summed E-state index contributed by atoms with van der Waals surface area (Å²) in [5.41, 5.74) is 1.71. The predicted octanol–water partition coefficient (Wildman–Crippen LogP) is 2.71. The van der Waals surface area contributed by atoms with Crippen LogP contribution < -0.4 is 5.56 Å². The second-order valence-corrected chi connectivity index (χ2v) is 6.91. The van der Waals surface area contributed by atoms with Crippen molar-refractivity contribution in [3.63, 3.8) is 0 Å². The van der Waals surface area contributed by atoms with Gasteiger partial charge in [-0.25, -0.2) is 0 Å². The van der Waals surface area contributed by atoms with Crippen LogP contribution in [0.5, 0.6) is 0 Å². The first-order valence-corrected chi connectivity index (χ1v) is 9.10. The van der Waals surface area contributed by atoms with Crippen LogP contribution in [-0.2, 0) is 17.7 Å². The van der Waals surface area contributed by atoms with E-state index in [-0.39, 0.29) is 17.5 Å². The molecule has 0 saturated heterocycles. The van der Waals surface area contributed by atoms with Crippen LogP contribution in [0.25, 0.3) is 0 Å². The molecule has 1 unspecified atom stereocenters. The normalized spacial score (nSPS) is 16.9. The van der Waals surface area contributed by atoms with Crippen molar-refractivity contribution in [3.8, 4) is 0 Å². The average Bonchev–Trinajstić information content (AvgIpc) is 3.08. The van der Waals surface area contributed by atoms with E-state index < -0.39 is 0 Å². The van der Waals surface area contributed by atoms with E-state index in [0.717, 1.165) is 19.4 Å². The van der Waals surface area contributed by atoms with Gasteiger partial charge in [0.05, 0.1) is 18.2 Å². The fraction of sp³-hybridized carbons (Fsp3) is 0.444. The molecule has 0 aliphatic carbocycles. The zero-order chi connectivity index (χ0) is 17.1. The number of methoxy groups -OCH3 is 1. The first kappa shape index (κ1) is 16.9. The van der Waals surface area contributed by atoms with Gasteiger partial charge in [-0.15, -0.1) is 11.3 Å². The average molecular weight is 346 g/mol. The van der Waals surface area contributed by atoms with Crippen LogP contribution >= 0.6 is 11.3 Å². The monoisotopic (exact) mass is 346 g/mol. The number of amides is 1. The van der Waals surface area contributed by atoms with Crippen molar-refractivity contribution in [2.24, 2.45) is 0 Å². The molecule has 0 N–H and O–H groups in total. The predicted molar refractivity (Wildman–Crippen MR) is 94.7 cm³/mol. The van der Waals surface area contributed by atoms with Crippen LogP contribution in [0, 0.1) is 0 Å². The van der Waals surface area contributed by atoms with E-state index in [1.165, 1.54) is 21.1 Å². The van der Waals surface area contributed by atoms with E-state index in [0.29, 0.717) is 18.7 Å². The van der Waals surface area contributed by atoms with Crippen molar-refractivity contribution < 1.29 is 9.53 Å². The lowest BCUT2D eigenvalue weighted by molar-refractivity contribution is 0.0656. The van der Waals surface area contributed by atoms with Gasteiger partial charge in [-0.1, -0.05) is 6.92 Å². The maximum absolute atomic E-state index is 13.0. The van der Waals surface area contributed by atoms with Gasteiger partial charge >= 0.3 is 0 Å². The SMILES string of the molecule is CCC1c2ccsc2CCN1C(=O)c1ccc(=O)n(CCOC)c1. The lowest BCUT2D eigenvalue weighted by Gasteiger charge is -2.35. The minimum Gasteiger partial charge on any atom is -0.383 e. The van der Waals surface area contributed by atoms with E-state index in [1.54, 1.807) is 30.7 Å². The molecule has 1 atom stereocenters. The van der Waals surface area contributed by atoms with Gasteiger partial charge in [-0.05, 0) is 35.9 Å². The largest absolute Gasteiger partial charge is 0.383 e. The fourth-order valence-corrected chi connectivity index (χ4v) is 4.20. The maximum atomic E-state index is 13.0. The lowest BCUT2D eigenvalue weighted by atomic mass is 9.97. The third-order valence-corrected chi connectivity index (χ3v) is 5.51. The summed E-state index contributed by atoms with van der Waals surface area (Å²) in [6.45, 7) is 3.72. The summed E-state index contributed by atoms with van der Waals surface area (Å²) in [4.78, 5) is 28.3. The second-order valence-electron chi connectivity index (χ2n) is 5.91. The Morgan fingerprint density at radius 3 is 2.96 bits per heavy atom. The van der Waals surface area contributed by atoms with E-state index in [2.05, 4.69) is 18.4 Å². The van der Waals surface area contributed by atoms with Crippen molar-refractivity contribution >= 4 is 17.2 Å². The molecule has 3 rings (SSSR count). The molecule has 0 saturated carbocycles. The zero-order valence-electron chi connectivity index (χ0n) is 14.0. The smallest absolute Gasteiger partial charge is 0.255 e. The zero-order valence-corrected chi connectivity index (χ0v) is 14.8. The molecule has 3 heterocycles. The van der Waals surface area contributed by atoms with Crippen LogP contribution in [0.4, 0.5) is 0 Å². The Kier molecular flexibility index (Phi) is 5.16. The van der Waals surface area contributed by atoms with Crippen LogP contribution in [0.1, 0.15) is 40.2 Å². The highest BCUT2D eigenvalue weighted by Crippen LogP contribution is 2.35. The summed E-state index contributed by atoms with van der Waals surface area (Å²) in [7, 11) is 1.60. The summed E-state index contributed by atoms with van der Waals surface area (Å²) in [6, 6.07) is 5.34. The number of aromatic nitrogens is 1. The molecule has 2 aromatic heterocycles. The summed E-state index contributed by atoms with van der Waals surface area (Å²) in [5.74, 6) is -0.00938. The molecule has 24 heavy (non-hydrogen) atoms. The Bertz CT molecular complexity index is 781. The first-order valence-electron chi connectivity index (χ1n) is 8.22. The molecule has 0 bridgehead atoms. The Morgan fingerprint density at radius 1 is 1.38 bits per heavy atom. The molecule has 2 aromatic rings. The summed E-state index contributed by atoms with van der Waals surface area (Å²) >= 11 is 1.77. The third-order valence-electron chi connectivity index (χ3n) is 4.51. The molecule has 1 aliphatic rings. The van der Waals surface area contributed by atoms with Crippen LogP contribution in [0.2, 0.25) is 0 Å². The molecule has 1 aliphatic heterocycles. The Balaban J connectivity index is 1.87. The number of carbonyl (C=O) groups is 1. The van der Waals surface area contributed by atoms with Crippen LogP contribution in [-0.4, -0.2) is 35.6 Å². The van der Waals surface area contributed by atoms with Crippen LogP contribution in [0.15, 0.2) is 34.6 Å². The standard InChI is InChI=1S/C18H22N2O3S/c1-3-15-14-7-11-24-16(14)6-8-20(15)18(22)13-4-5-17(21)19(12-13)9-10-23-2/h4-5,7,11-12,15H,3,6,8-10H2,1-2H3. The van der Waals surface area contributed by atoms with Crippen molar-refractivity contribution in [2.75, 3.05) is 20.3 Å². The van der Waals surface area contributed by atoms with Gasteiger partial charge in [0, 0.05) is 37.3 Å². The molecular weight excluding hydrogens is 324 g/mol. The van der Waals surface area contributed by atoms with Gasteiger partial charge < -0.3 is 14.2 Å². The Hall–Kier alpha value is -1.92. The molecule has 128 valence electrons. The van der Waals surface area contributed by atoms with Crippen molar-refractivity contribution in [2.45, 2.75) is 32.4 Å². The van der Waals surface area contributed by atoms with E-state index in [4.69, 9.17) is 4.74 Å². The summed E-state index contributed by atoms with van der Waals surface area (Å²) < 4.78 is 6.57. The number of hydrogen-bond donors (Lipinski definition) is 0. The van der Waals surface area contributed by atoms with Crippen molar-refractivity contribution in [1.82, 2.24) is 9.47 Å². The van der Waals surface area contributed by atoms with Gasteiger partial charge in [0.1, 0.15) is 0 Å². The van der Waals surface area contributed by atoms with Crippen LogP contribution in [0.3, 0.4) is 0 Å². The highest BCUT2D eigenvalue weighted by Gasteiger charge is 2.31. The van der Waals surface area contributed by atoms with E-state index in [1.807, 2.05) is 4.90 Å². The minimum absolute atomic E-state index is 0.00938. The topological polar surface area (TPSA) is 51.5 Å². The second kappa shape index (κ2) is 7.32. The minimum atomic E-state index is -0.116. The van der Waals surface area contributed by atoms with Crippen molar-refractivity contribution in [3.05, 3.63) is 56.1 Å². The number of ether oxygens (including phenoxy) is 1. The molecule has 1 amide bonds. The van der Waals surface area contributed by atoms with Gasteiger partial charge in [-0.3, -0.25) is 9.59 Å². The number of pyridine rings is 1. The lowest BCUT2D eigenvalue weighted by Crippen LogP contribution is -2.39. The third kappa shape index (κ3) is 3.16. The maximum Gasteiger partial charge on any atom is 0.255 e. The van der Waals surface area contributed by atoms with Gasteiger partial charge in [0.2, 0.25) is 0 Å². The van der Waals surface area contributed by atoms with Gasteiger partial charge in [0.15, 0.2) is 0 Å². The number of carbonyl (C=O) groups excluding carboxylic acids is 1. The Morgan fingerprint density at radius 2 is 2.21 bits per heavy atom. The molecule has 0 spiro atoms. The van der Waals surface area contributed by atoms with Gasteiger partial charge in [0.25, 0.3) is 11.5 Å². The summed E-state index contributed by atoms with van der Waals surface area (Å²) in [6.07, 6.45) is 3.44. The van der Waals surface area contributed by atoms with E-state index in [9.17, 15) is 9.59 Å². The van der Waals surface area contributed by atoms with Gasteiger partial charge in [-0.2, -0.15) is 0 Å². The highest BCUT2D eigenvalue weighted by atomic mass is 32.1. The van der Waals surface area contributed by atoms with E-state index >= 15 is 0 Å². The number of thiophene rings is 1.